The molecule has 2 aromatic carbocycles. The topological polar surface area (TPSA) is 90.0 Å². The fraction of sp³-hybridized carbons (Fsp3) is 0.333. The van der Waals surface area contributed by atoms with Gasteiger partial charge in [-0.05, 0) is 36.2 Å². The van der Waals surface area contributed by atoms with Crippen LogP contribution in [0.3, 0.4) is 0 Å². The number of carbonyl (C=O) groups is 2. The molecule has 2 aromatic rings. The van der Waals surface area contributed by atoms with E-state index in [1.807, 2.05) is 6.07 Å². The summed E-state index contributed by atoms with van der Waals surface area (Å²) in [5, 5.41) is 0. The van der Waals surface area contributed by atoms with Gasteiger partial charge in [-0.2, -0.15) is 0 Å². The van der Waals surface area contributed by atoms with Crippen LogP contribution in [0.15, 0.2) is 54.6 Å². The van der Waals surface area contributed by atoms with Crippen LogP contribution in [0.25, 0.3) is 0 Å². The van der Waals surface area contributed by atoms with E-state index < -0.39 is 34.4 Å². The number of benzene rings is 2. The van der Waals surface area contributed by atoms with Crippen molar-refractivity contribution in [1.29, 1.82) is 0 Å². The van der Waals surface area contributed by atoms with Crippen molar-refractivity contribution in [2.75, 3.05) is 30.1 Å². The van der Waals surface area contributed by atoms with Gasteiger partial charge in [0.15, 0.2) is 16.4 Å². The number of hydrogen-bond donors (Lipinski definition) is 0. The quantitative estimate of drug-likeness (QED) is 0.640. The minimum Gasteiger partial charge on any atom is -0.497 e. The molecule has 0 unspecified atom stereocenters. The van der Waals surface area contributed by atoms with E-state index in [0.29, 0.717) is 17.9 Å². The van der Waals surface area contributed by atoms with E-state index >= 15 is 0 Å². The van der Waals surface area contributed by atoms with Gasteiger partial charge in [0.1, 0.15) is 5.75 Å². The van der Waals surface area contributed by atoms with Crippen molar-refractivity contribution in [3.8, 4) is 5.75 Å². The molecule has 7 nitrogen and oxygen atoms in total. The lowest BCUT2D eigenvalue weighted by atomic mass is 10.1. The van der Waals surface area contributed by atoms with Crippen LogP contribution in [0.2, 0.25) is 0 Å². The number of carbonyl (C=O) groups excluding carboxylic acids is 2. The van der Waals surface area contributed by atoms with Crippen LogP contribution >= 0.6 is 0 Å². The minimum absolute atomic E-state index is 0.0282. The van der Waals surface area contributed by atoms with Crippen LogP contribution in [0.1, 0.15) is 12.0 Å². The Labute approximate surface area is 170 Å². The van der Waals surface area contributed by atoms with Gasteiger partial charge in [0.2, 0.25) is 0 Å². The van der Waals surface area contributed by atoms with Crippen molar-refractivity contribution >= 4 is 27.4 Å². The Morgan fingerprint density at radius 1 is 1.07 bits per heavy atom. The number of esters is 1. The van der Waals surface area contributed by atoms with Gasteiger partial charge in [0.05, 0.1) is 31.1 Å². The summed E-state index contributed by atoms with van der Waals surface area (Å²) in [5.74, 6) is -0.335. The number of anilines is 1. The van der Waals surface area contributed by atoms with Gasteiger partial charge in [-0.3, -0.25) is 9.59 Å². The van der Waals surface area contributed by atoms with Gasteiger partial charge in [-0.1, -0.05) is 30.3 Å². The monoisotopic (exact) mass is 417 g/mol. The molecule has 1 heterocycles. The summed E-state index contributed by atoms with van der Waals surface area (Å²) in [6.45, 7) is -0.444. The summed E-state index contributed by atoms with van der Waals surface area (Å²) in [7, 11) is -1.61. The summed E-state index contributed by atoms with van der Waals surface area (Å²) in [6, 6.07) is 15.4. The van der Waals surface area contributed by atoms with E-state index in [-0.39, 0.29) is 17.9 Å². The molecule has 3 rings (SSSR count). The largest absolute Gasteiger partial charge is 0.497 e. The van der Waals surface area contributed by atoms with E-state index in [4.69, 9.17) is 9.47 Å². The zero-order valence-electron chi connectivity index (χ0n) is 16.1. The van der Waals surface area contributed by atoms with Gasteiger partial charge in [0, 0.05) is 5.69 Å². The van der Waals surface area contributed by atoms with Crippen molar-refractivity contribution in [2.24, 2.45) is 0 Å². The highest BCUT2D eigenvalue weighted by Gasteiger charge is 2.35. The SMILES string of the molecule is COc1ccc(CC(=O)OCC(=O)N(c2ccccc2)[C@H]2CCS(=O)(=O)C2)cc1. The third-order valence-electron chi connectivity index (χ3n) is 4.74. The van der Waals surface area contributed by atoms with E-state index in [0.717, 1.165) is 5.56 Å². The normalized spacial score (nSPS) is 17.5. The first kappa shape index (κ1) is 20.9. The number of para-hydroxylation sites is 1. The molecule has 0 spiro atoms. The van der Waals surface area contributed by atoms with Crippen molar-refractivity contribution in [3.05, 3.63) is 60.2 Å². The first-order valence-electron chi connectivity index (χ1n) is 9.24. The van der Waals surface area contributed by atoms with Crippen molar-refractivity contribution < 1.29 is 27.5 Å². The molecule has 0 N–H and O–H groups in total. The number of rotatable bonds is 7. The standard InChI is InChI=1S/C21H23NO6S/c1-27-19-9-7-16(8-10-19)13-21(24)28-14-20(23)22(17-5-3-2-4-6-17)18-11-12-29(25,26)15-18/h2-10,18H,11-15H2,1H3/t18-/m0/s1. The molecule has 0 aromatic heterocycles. The molecule has 1 saturated heterocycles. The van der Waals surface area contributed by atoms with Crippen molar-refractivity contribution in [2.45, 2.75) is 18.9 Å². The third-order valence-corrected chi connectivity index (χ3v) is 6.49. The van der Waals surface area contributed by atoms with E-state index in [9.17, 15) is 18.0 Å². The van der Waals surface area contributed by atoms with Crippen LogP contribution in [-0.2, 0) is 30.6 Å². The fourth-order valence-corrected chi connectivity index (χ4v) is 5.00. The minimum atomic E-state index is -3.17. The molecular formula is C21H23NO6S. The Morgan fingerprint density at radius 2 is 1.76 bits per heavy atom. The molecule has 1 aliphatic heterocycles. The zero-order valence-corrected chi connectivity index (χ0v) is 16.9. The number of amides is 1. The average molecular weight is 417 g/mol. The highest BCUT2D eigenvalue weighted by molar-refractivity contribution is 7.91. The van der Waals surface area contributed by atoms with Gasteiger partial charge >= 0.3 is 5.97 Å². The van der Waals surface area contributed by atoms with Crippen LogP contribution in [0.4, 0.5) is 5.69 Å². The van der Waals surface area contributed by atoms with Crippen LogP contribution in [0, 0.1) is 0 Å². The number of sulfone groups is 1. The summed E-state index contributed by atoms with van der Waals surface area (Å²) in [5.41, 5.74) is 1.33. The Kier molecular flexibility index (Phi) is 6.53. The maximum Gasteiger partial charge on any atom is 0.310 e. The van der Waals surface area contributed by atoms with Crippen LogP contribution in [0.5, 0.6) is 5.75 Å². The molecule has 0 saturated carbocycles. The molecule has 0 aliphatic carbocycles. The van der Waals surface area contributed by atoms with Crippen molar-refractivity contribution in [1.82, 2.24) is 0 Å². The molecule has 154 valence electrons. The first-order valence-corrected chi connectivity index (χ1v) is 11.1. The molecule has 1 amide bonds. The van der Waals surface area contributed by atoms with Crippen LogP contribution < -0.4 is 9.64 Å². The summed E-state index contributed by atoms with van der Waals surface area (Å²) in [6.07, 6.45) is 0.392. The lowest BCUT2D eigenvalue weighted by Crippen LogP contribution is -2.43. The number of nitrogens with zero attached hydrogens (tertiary/aromatic N) is 1. The molecule has 0 bridgehead atoms. The molecule has 8 heteroatoms. The molecular weight excluding hydrogens is 394 g/mol. The molecule has 1 aliphatic rings. The predicted molar refractivity (Wildman–Crippen MR) is 109 cm³/mol. The Hall–Kier alpha value is -2.87. The number of ether oxygens (including phenoxy) is 2. The predicted octanol–water partition coefficient (Wildman–Crippen LogP) is 2.00. The lowest BCUT2D eigenvalue weighted by Gasteiger charge is -2.28. The summed E-state index contributed by atoms with van der Waals surface area (Å²) >= 11 is 0. The molecule has 0 radical (unpaired) electrons. The maximum absolute atomic E-state index is 12.8. The van der Waals surface area contributed by atoms with Gasteiger partial charge < -0.3 is 14.4 Å². The Morgan fingerprint density at radius 3 is 2.34 bits per heavy atom. The zero-order chi connectivity index (χ0) is 20.9. The lowest BCUT2D eigenvalue weighted by molar-refractivity contribution is -0.147. The Balaban J connectivity index is 1.64. The van der Waals surface area contributed by atoms with E-state index in [1.54, 1.807) is 55.6 Å². The molecule has 1 fully saturated rings. The summed E-state index contributed by atoms with van der Waals surface area (Å²) < 4.78 is 34.0. The number of methoxy groups -OCH3 is 1. The van der Waals surface area contributed by atoms with Gasteiger partial charge in [-0.15, -0.1) is 0 Å². The van der Waals surface area contributed by atoms with E-state index in [2.05, 4.69) is 0 Å². The number of hydrogen-bond acceptors (Lipinski definition) is 6. The first-order chi connectivity index (χ1) is 13.9. The highest BCUT2D eigenvalue weighted by atomic mass is 32.2. The molecule has 29 heavy (non-hydrogen) atoms. The van der Waals surface area contributed by atoms with Gasteiger partial charge in [-0.25, -0.2) is 8.42 Å². The fourth-order valence-electron chi connectivity index (χ4n) is 3.30. The smallest absolute Gasteiger partial charge is 0.310 e. The summed E-state index contributed by atoms with van der Waals surface area (Å²) in [4.78, 5) is 26.4. The second-order valence-corrected chi connectivity index (χ2v) is 9.07. The second kappa shape index (κ2) is 9.09. The highest BCUT2D eigenvalue weighted by Crippen LogP contribution is 2.24. The average Bonchev–Trinajstić information content (AvgIpc) is 3.07. The second-order valence-electron chi connectivity index (χ2n) is 6.84. The van der Waals surface area contributed by atoms with Crippen molar-refractivity contribution in [3.63, 3.8) is 0 Å². The Bertz CT molecular complexity index is 956. The van der Waals surface area contributed by atoms with Gasteiger partial charge in [0.25, 0.3) is 5.91 Å². The van der Waals surface area contributed by atoms with Crippen LogP contribution in [-0.4, -0.2) is 51.6 Å². The van der Waals surface area contributed by atoms with E-state index in [1.165, 1.54) is 4.90 Å². The molecule has 1 atom stereocenters. The maximum atomic E-state index is 12.8. The third kappa shape index (κ3) is 5.57.